The highest BCUT2D eigenvalue weighted by Gasteiger charge is 2.66. The number of hydrogen-bond acceptors (Lipinski definition) is 5. The maximum absolute atomic E-state index is 12.8. The van der Waals surface area contributed by atoms with Gasteiger partial charge in [0, 0.05) is 18.0 Å². The lowest BCUT2D eigenvalue weighted by Gasteiger charge is -2.53. The van der Waals surface area contributed by atoms with Crippen LogP contribution in [0.4, 0.5) is 31.1 Å². The Morgan fingerprint density at radius 3 is 2.33 bits per heavy atom. The third kappa shape index (κ3) is 3.63. The van der Waals surface area contributed by atoms with E-state index in [4.69, 9.17) is 0 Å². The summed E-state index contributed by atoms with van der Waals surface area (Å²) >= 11 is 0. The van der Waals surface area contributed by atoms with E-state index in [1.807, 2.05) is 0 Å². The number of nitrogens with one attached hydrogen (secondary N) is 1. The average Bonchev–Trinajstić information content (AvgIpc) is 2.94. The summed E-state index contributed by atoms with van der Waals surface area (Å²) in [6.45, 7) is -2.97. The Hall–Kier alpha value is -3.00. The van der Waals surface area contributed by atoms with Crippen LogP contribution in [0.3, 0.4) is 0 Å². The minimum Gasteiger partial charge on any atom is -0.477 e. The number of hydrogen-bond donors (Lipinski definition) is 2. The maximum Gasteiger partial charge on any atom is 0.471 e. The summed E-state index contributed by atoms with van der Waals surface area (Å²) in [6, 6.07) is -2.61. The third-order valence-electron chi connectivity index (χ3n) is 5.03. The molecule has 0 bridgehead atoms. The molecule has 0 aromatic carbocycles. The van der Waals surface area contributed by atoms with Gasteiger partial charge in [0.15, 0.2) is 0 Å². The molecule has 30 heavy (non-hydrogen) atoms. The first kappa shape index (κ1) is 21.7. The molecule has 15 heteroatoms. The standard InChI is InChI=1S/C15H13F6N3O6/c16-14(17,18)4-22-13(29)30-3-6-5-1-2-23(12(28)15(19,20)21)9-7(5)24(10(9)25)8(6)11(26)27/h5,7,9H,1-4H2,(H,22,29)(H,26,27)/t5?,7-,9+/m1/s1. The van der Waals surface area contributed by atoms with Crippen molar-refractivity contribution in [3.8, 4) is 0 Å². The van der Waals surface area contributed by atoms with E-state index in [9.17, 15) is 50.6 Å². The highest BCUT2D eigenvalue weighted by molar-refractivity contribution is 6.03. The average molecular weight is 445 g/mol. The Bertz CT molecular complexity index is 838. The number of ether oxygens (including phenoxy) is 1. The van der Waals surface area contributed by atoms with Crippen LogP contribution < -0.4 is 5.32 Å². The van der Waals surface area contributed by atoms with E-state index in [0.717, 1.165) is 4.90 Å². The molecule has 3 atom stereocenters. The smallest absolute Gasteiger partial charge is 0.471 e. The molecule has 3 aliphatic heterocycles. The van der Waals surface area contributed by atoms with Crippen LogP contribution in [0.25, 0.3) is 0 Å². The predicted octanol–water partition coefficient (Wildman–Crippen LogP) is 0.617. The van der Waals surface area contributed by atoms with Gasteiger partial charge >= 0.3 is 30.3 Å². The molecule has 3 aliphatic rings. The summed E-state index contributed by atoms with van der Waals surface area (Å²) in [5.41, 5.74) is -0.735. The Kier molecular flexibility index (Phi) is 5.10. The zero-order chi connectivity index (χ0) is 22.6. The Morgan fingerprint density at radius 1 is 1.17 bits per heavy atom. The number of amides is 3. The molecule has 0 saturated carbocycles. The Labute approximate surface area is 163 Å². The molecule has 166 valence electrons. The molecule has 9 nitrogen and oxygen atoms in total. The van der Waals surface area contributed by atoms with Gasteiger partial charge in [-0.05, 0) is 6.42 Å². The van der Waals surface area contributed by atoms with Crippen molar-refractivity contribution in [3.63, 3.8) is 0 Å². The fraction of sp³-hybridized carbons (Fsp3) is 0.600. The second-order valence-electron chi connectivity index (χ2n) is 6.76. The fourth-order valence-corrected chi connectivity index (χ4v) is 3.94. The number of carbonyl (C=O) groups excluding carboxylic acids is 3. The third-order valence-corrected chi connectivity index (χ3v) is 5.03. The van der Waals surface area contributed by atoms with E-state index in [-0.39, 0.29) is 12.0 Å². The molecule has 3 heterocycles. The van der Waals surface area contributed by atoms with Crippen LogP contribution >= 0.6 is 0 Å². The van der Waals surface area contributed by atoms with Crippen LogP contribution in [-0.4, -0.2) is 82.9 Å². The SMILES string of the molecule is O=C(NCC(F)(F)F)OCC1=C(C(=O)O)N2C(=O)[C@@H]3[C@H]2C1CCN3C(=O)C(F)(F)F. The van der Waals surface area contributed by atoms with Crippen molar-refractivity contribution in [1.29, 1.82) is 0 Å². The largest absolute Gasteiger partial charge is 0.477 e. The van der Waals surface area contributed by atoms with E-state index < -0.39 is 79.6 Å². The number of carbonyl (C=O) groups is 4. The second-order valence-corrected chi connectivity index (χ2v) is 6.76. The van der Waals surface area contributed by atoms with Crippen LogP contribution in [0.15, 0.2) is 11.3 Å². The molecule has 0 aliphatic carbocycles. The van der Waals surface area contributed by atoms with Gasteiger partial charge in [-0.2, -0.15) is 26.3 Å². The van der Waals surface area contributed by atoms with E-state index in [0.29, 0.717) is 4.90 Å². The zero-order valence-electron chi connectivity index (χ0n) is 14.7. The van der Waals surface area contributed by atoms with Crippen LogP contribution in [-0.2, 0) is 19.1 Å². The number of nitrogens with zero attached hydrogens (tertiary/aromatic N) is 2. The van der Waals surface area contributed by atoms with Crippen LogP contribution in [0.1, 0.15) is 6.42 Å². The first-order valence-electron chi connectivity index (χ1n) is 8.38. The van der Waals surface area contributed by atoms with Gasteiger partial charge in [0.25, 0.3) is 5.91 Å². The van der Waals surface area contributed by atoms with Gasteiger partial charge in [-0.25, -0.2) is 9.59 Å². The lowest BCUT2D eigenvalue weighted by molar-refractivity contribution is -0.198. The highest BCUT2D eigenvalue weighted by atomic mass is 19.4. The molecule has 0 aromatic rings. The molecule has 3 rings (SSSR count). The van der Waals surface area contributed by atoms with Crippen LogP contribution in [0, 0.1) is 5.92 Å². The molecular formula is C15H13F6N3O6. The predicted molar refractivity (Wildman–Crippen MR) is 80.4 cm³/mol. The minimum atomic E-state index is -5.22. The van der Waals surface area contributed by atoms with Crippen LogP contribution in [0.5, 0.6) is 0 Å². The van der Waals surface area contributed by atoms with E-state index in [1.165, 1.54) is 5.32 Å². The number of aliphatic carboxylic acids is 1. The van der Waals surface area contributed by atoms with Gasteiger partial charge < -0.3 is 20.1 Å². The first-order chi connectivity index (χ1) is 13.7. The number of alkyl carbamates (subject to hydrolysis) is 1. The molecule has 3 amide bonds. The van der Waals surface area contributed by atoms with Crippen molar-refractivity contribution in [3.05, 3.63) is 11.3 Å². The van der Waals surface area contributed by atoms with Gasteiger partial charge in [-0.3, -0.25) is 14.5 Å². The van der Waals surface area contributed by atoms with Crippen molar-refractivity contribution in [1.82, 2.24) is 15.1 Å². The molecule has 0 radical (unpaired) electrons. The van der Waals surface area contributed by atoms with Crippen molar-refractivity contribution >= 4 is 23.9 Å². The topological polar surface area (TPSA) is 116 Å². The number of carboxylic acid groups (broad SMARTS) is 1. The number of alkyl halides is 6. The number of piperidine rings is 1. The number of likely N-dealkylation sites (tertiary alicyclic amines) is 1. The zero-order valence-corrected chi connectivity index (χ0v) is 14.7. The van der Waals surface area contributed by atoms with Crippen molar-refractivity contribution in [2.45, 2.75) is 30.9 Å². The van der Waals surface area contributed by atoms with Crippen molar-refractivity contribution < 1.29 is 55.4 Å². The van der Waals surface area contributed by atoms with Gasteiger partial charge in [-0.15, -0.1) is 0 Å². The quantitative estimate of drug-likeness (QED) is 0.484. The van der Waals surface area contributed by atoms with E-state index >= 15 is 0 Å². The van der Waals surface area contributed by atoms with Gasteiger partial charge in [0.2, 0.25) is 0 Å². The molecule has 2 fully saturated rings. The summed E-state index contributed by atoms with van der Waals surface area (Å²) in [5, 5.41) is 10.8. The first-order valence-corrected chi connectivity index (χ1v) is 8.38. The molecule has 2 N–H and O–H groups in total. The van der Waals surface area contributed by atoms with Gasteiger partial charge in [0.1, 0.15) is 24.9 Å². The molecule has 1 unspecified atom stereocenters. The summed E-state index contributed by atoms with van der Waals surface area (Å²) in [5.74, 6) is -5.71. The number of β-lactam (4-membered cyclic amide) rings is 1. The van der Waals surface area contributed by atoms with Gasteiger partial charge in [-0.1, -0.05) is 0 Å². The molecular weight excluding hydrogens is 432 g/mol. The van der Waals surface area contributed by atoms with Crippen LogP contribution in [0.2, 0.25) is 0 Å². The lowest BCUT2D eigenvalue weighted by atomic mass is 9.78. The Balaban J connectivity index is 1.77. The number of halogens is 6. The molecule has 0 spiro atoms. The highest BCUT2D eigenvalue weighted by Crippen LogP contribution is 2.49. The normalized spacial score (nSPS) is 25.7. The summed E-state index contributed by atoms with van der Waals surface area (Å²) in [4.78, 5) is 48.0. The summed E-state index contributed by atoms with van der Waals surface area (Å²) in [6.07, 6.45) is -11.6. The van der Waals surface area contributed by atoms with Gasteiger partial charge in [0.05, 0.1) is 6.04 Å². The summed E-state index contributed by atoms with van der Waals surface area (Å²) < 4.78 is 79.3. The number of carboxylic acids is 1. The molecule has 0 aromatic heterocycles. The van der Waals surface area contributed by atoms with E-state index in [2.05, 4.69) is 4.74 Å². The van der Waals surface area contributed by atoms with Crippen molar-refractivity contribution in [2.24, 2.45) is 5.92 Å². The van der Waals surface area contributed by atoms with Crippen molar-refractivity contribution in [2.75, 3.05) is 19.7 Å². The lowest BCUT2D eigenvalue weighted by Crippen LogP contribution is -2.74. The number of rotatable bonds is 4. The minimum absolute atomic E-state index is 0.121. The molecule has 2 saturated heterocycles. The fourth-order valence-electron chi connectivity index (χ4n) is 3.94. The Morgan fingerprint density at radius 2 is 1.80 bits per heavy atom. The monoisotopic (exact) mass is 445 g/mol. The second kappa shape index (κ2) is 7.05. The summed E-state index contributed by atoms with van der Waals surface area (Å²) in [7, 11) is 0. The van der Waals surface area contributed by atoms with E-state index in [1.54, 1.807) is 0 Å². The maximum atomic E-state index is 12.8.